The van der Waals surface area contributed by atoms with Gasteiger partial charge in [0.15, 0.2) is 0 Å². The van der Waals surface area contributed by atoms with Gasteiger partial charge in [-0.3, -0.25) is 0 Å². The molecule has 0 aliphatic rings. The highest BCUT2D eigenvalue weighted by Crippen LogP contribution is 2.13. The van der Waals surface area contributed by atoms with Crippen molar-refractivity contribution < 1.29 is 23.0 Å². The number of rotatable bonds is 8. The second-order valence-corrected chi connectivity index (χ2v) is 5.26. The molecule has 0 radical (unpaired) electrons. The second-order valence-electron chi connectivity index (χ2n) is 3.50. The minimum absolute atomic E-state index is 0.0249. The van der Waals surface area contributed by atoms with Gasteiger partial charge in [-0.1, -0.05) is 0 Å². The van der Waals surface area contributed by atoms with Gasteiger partial charge in [0.2, 0.25) is 10.0 Å². The van der Waals surface area contributed by atoms with E-state index in [1.165, 1.54) is 24.3 Å². The van der Waals surface area contributed by atoms with E-state index in [2.05, 4.69) is 4.72 Å². The second kappa shape index (κ2) is 7.32. The summed E-state index contributed by atoms with van der Waals surface area (Å²) in [6.07, 6.45) is 0. The van der Waals surface area contributed by atoms with Gasteiger partial charge in [0, 0.05) is 13.7 Å². The number of sulfonamides is 1. The standard InChI is InChI=1S/C11H17NO5S/c1-16-8-9-17-7-6-12-18(14,15)11-4-2-10(13)3-5-11/h2-5,12-13H,6-9H2,1H3. The van der Waals surface area contributed by atoms with Gasteiger partial charge in [-0.2, -0.15) is 0 Å². The van der Waals surface area contributed by atoms with Crippen molar-refractivity contribution in [3.8, 4) is 5.75 Å². The first-order chi connectivity index (χ1) is 8.56. The molecule has 0 aliphatic carbocycles. The van der Waals surface area contributed by atoms with E-state index in [9.17, 15) is 8.42 Å². The summed E-state index contributed by atoms with van der Waals surface area (Å²) in [4.78, 5) is 0.109. The maximum Gasteiger partial charge on any atom is 0.240 e. The molecule has 0 amide bonds. The van der Waals surface area contributed by atoms with Crippen LogP contribution in [0.3, 0.4) is 0 Å². The molecular formula is C11H17NO5S. The lowest BCUT2D eigenvalue weighted by atomic mass is 10.3. The van der Waals surface area contributed by atoms with Gasteiger partial charge < -0.3 is 14.6 Å². The maximum absolute atomic E-state index is 11.8. The monoisotopic (exact) mass is 275 g/mol. The van der Waals surface area contributed by atoms with Gasteiger partial charge in [0.05, 0.1) is 24.7 Å². The van der Waals surface area contributed by atoms with Crippen LogP contribution in [0.4, 0.5) is 0 Å². The summed E-state index contributed by atoms with van der Waals surface area (Å²) in [5.74, 6) is 0.0249. The molecule has 0 bridgehead atoms. The molecule has 0 unspecified atom stereocenters. The lowest BCUT2D eigenvalue weighted by Gasteiger charge is -2.07. The Morgan fingerprint density at radius 1 is 1.17 bits per heavy atom. The molecule has 1 rings (SSSR count). The summed E-state index contributed by atoms with van der Waals surface area (Å²) in [5, 5.41) is 9.07. The zero-order valence-electron chi connectivity index (χ0n) is 10.1. The molecule has 102 valence electrons. The summed E-state index contributed by atoms with van der Waals surface area (Å²) in [6.45, 7) is 1.37. The Morgan fingerprint density at radius 3 is 2.44 bits per heavy atom. The van der Waals surface area contributed by atoms with Crippen LogP contribution >= 0.6 is 0 Å². The van der Waals surface area contributed by atoms with Gasteiger partial charge in [-0.05, 0) is 24.3 Å². The number of benzene rings is 1. The van der Waals surface area contributed by atoms with Crippen molar-refractivity contribution in [3.63, 3.8) is 0 Å². The van der Waals surface area contributed by atoms with Crippen LogP contribution in [0, 0.1) is 0 Å². The van der Waals surface area contributed by atoms with Crippen molar-refractivity contribution in [2.24, 2.45) is 0 Å². The molecule has 0 aromatic heterocycles. The predicted molar refractivity (Wildman–Crippen MR) is 66.0 cm³/mol. The Kier molecular flexibility index (Phi) is 6.06. The molecule has 2 N–H and O–H groups in total. The van der Waals surface area contributed by atoms with Gasteiger partial charge in [-0.25, -0.2) is 13.1 Å². The van der Waals surface area contributed by atoms with E-state index in [1.54, 1.807) is 7.11 Å². The Labute approximate surface area is 107 Å². The SMILES string of the molecule is COCCOCCNS(=O)(=O)c1ccc(O)cc1. The molecule has 0 spiro atoms. The van der Waals surface area contributed by atoms with E-state index in [0.717, 1.165) is 0 Å². The average molecular weight is 275 g/mol. The predicted octanol–water partition coefficient (Wildman–Crippen LogP) is 0.334. The average Bonchev–Trinajstić information content (AvgIpc) is 2.34. The minimum atomic E-state index is -3.54. The summed E-state index contributed by atoms with van der Waals surface area (Å²) >= 11 is 0. The summed E-state index contributed by atoms with van der Waals surface area (Å²) < 4.78 is 35.8. The Balaban J connectivity index is 2.38. The highest BCUT2D eigenvalue weighted by Gasteiger charge is 2.12. The van der Waals surface area contributed by atoms with Crippen molar-refractivity contribution in [2.75, 3.05) is 33.5 Å². The van der Waals surface area contributed by atoms with Crippen LogP contribution in [0.5, 0.6) is 5.75 Å². The molecule has 1 aromatic carbocycles. The number of hydrogen-bond donors (Lipinski definition) is 2. The smallest absolute Gasteiger partial charge is 0.240 e. The zero-order chi connectivity index (χ0) is 13.4. The van der Waals surface area contributed by atoms with Crippen molar-refractivity contribution in [1.82, 2.24) is 4.72 Å². The van der Waals surface area contributed by atoms with Crippen molar-refractivity contribution in [2.45, 2.75) is 4.90 Å². The molecule has 18 heavy (non-hydrogen) atoms. The van der Waals surface area contributed by atoms with Gasteiger partial charge in [-0.15, -0.1) is 0 Å². The quantitative estimate of drug-likeness (QED) is 0.668. The summed E-state index contributed by atoms with van der Waals surface area (Å²) in [6, 6.07) is 5.32. The molecular weight excluding hydrogens is 258 g/mol. The fourth-order valence-electron chi connectivity index (χ4n) is 1.20. The van der Waals surface area contributed by atoms with E-state index in [0.29, 0.717) is 13.2 Å². The lowest BCUT2D eigenvalue weighted by molar-refractivity contribution is 0.0736. The number of aromatic hydroxyl groups is 1. The maximum atomic E-state index is 11.8. The lowest BCUT2D eigenvalue weighted by Crippen LogP contribution is -2.27. The number of methoxy groups -OCH3 is 1. The number of phenolic OH excluding ortho intramolecular Hbond substituents is 1. The van der Waals surface area contributed by atoms with E-state index >= 15 is 0 Å². The van der Waals surface area contributed by atoms with Crippen LogP contribution < -0.4 is 4.72 Å². The Hall–Kier alpha value is -1.15. The van der Waals surface area contributed by atoms with E-state index < -0.39 is 10.0 Å². The molecule has 7 heteroatoms. The minimum Gasteiger partial charge on any atom is -0.508 e. The third-order valence-corrected chi connectivity index (χ3v) is 3.59. The molecule has 6 nitrogen and oxygen atoms in total. The molecule has 0 fully saturated rings. The van der Waals surface area contributed by atoms with Gasteiger partial charge in [0.1, 0.15) is 5.75 Å². The van der Waals surface area contributed by atoms with E-state index in [4.69, 9.17) is 14.6 Å². The van der Waals surface area contributed by atoms with E-state index in [1.807, 2.05) is 0 Å². The summed E-state index contributed by atoms with van der Waals surface area (Å²) in [5.41, 5.74) is 0. The number of hydrogen-bond acceptors (Lipinski definition) is 5. The number of nitrogens with one attached hydrogen (secondary N) is 1. The molecule has 1 aromatic rings. The first-order valence-corrected chi connectivity index (χ1v) is 6.90. The molecule has 0 heterocycles. The fourth-order valence-corrected chi connectivity index (χ4v) is 2.21. The largest absolute Gasteiger partial charge is 0.508 e. The normalized spacial score (nSPS) is 11.6. The highest BCUT2D eigenvalue weighted by atomic mass is 32.2. The first kappa shape index (κ1) is 14.9. The summed E-state index contributed by atoms with van der Waals surface area (Å²) in [7, 11) is -1.98. The van der Waals surface area contributed by atoms with Crippen LogP contribution in [0.25, 0.3) is 0 Å². The molecule has 0 saturated carbocycles. The number of ether oxygens (including phenoxy) is 2. The zero-order valence-corrected chi connectivity index (χ0v) is 10.9. The first-order valence-electron chi connectivity index (χ1n) is 5.41. The van der Waals surface area contributed by atoms with Crippen LogP contribution in [0.2, 0.25) is 0 Å². The van der Waals surface area contributed by atoms with Gasteiger partial charge in [0.25, 0.3) is 0 Å². The highest BCUT2D eigenvalue weighted by molar-refractivity contribution is 7.89. The molecule has 0 saturated heterocycles. The third kappa shape index (κ3) is 5.01. The molecule has 0 aliphatic heterocycles. The Bertz CT molecular complexity index is 443. The van der Waals surface area contributed by atoms with Crippen LogP contribution in [-0.4, -0.2) is 47.0 Å². The Morgan fingerprint density at radius 2 is 1.83 bits per heavy atom. The topological polar surface area (TPSA) is 84.9 Å². The van der Waals surface area contributed by atoms with Gasteiger partial charge >= 0.3 is 0 Å². The number of phenols is 1. The van der Waals surface area contributed by atoms with Crippen LogP contribution in [-0.2, 0) is 19.5 Å². The van der Waals surface area contributed by atoms with Crippen LogP contribution in [0.15, 0.2) is 29.2 Å². The van der Waals surface area contributed by atoms with Crippen LogP contribution in [0.1, 0.15) is 0 Å². The van der Waals surface area contributed by atoms with E-state index in [-0.39, 0.29) is 23.8 Å². The van der Waals surface area contributed by atoms with Crippen molar-refractivity contribution in [3.05, 3.63) is 24.3 Å². The third-order valence-electron chi connectivity index (χ3n) is 2.12. The van der Waals surface area contributed by atoms with Crippen molar-refractivity contribution >= 4 is 10.0 Å². The van der Waals surface area contributed by atoms with Crippen molar-refractivity contribution in [1.29, 1.82) is 0 Å². The fraction of sp³-hybridized carbons (Fsp3) is 0.455. The molecule has 0 atom stereocenters.